The second-order valence-electron chi connectivity index (χ2n) is 4.54. The molecule has 5 heteroatoms. The molecule has 1 aliphatic rings. The summed E-state index contributed by atoms with van der Waals surface area (Å²) in [4.78, 5) is 7.06. The lowest BCUT2D eigenvalue weighted by Gasteiger charge is -2.28. The number of hydrogen-bond acceptors (Lipinski definition) is 4. The maximum absolute atomic E-state index is 5.38. The van der Waals surface area contributed by atoms with Gasteiger partial charge < -0.3 is 19.5 Å². The van der Waals surface area contributed by atoms with E-state index in [4.69, 9.17) is 9.72 Å². The second kappa shape index (κ2) is 4.49. The van der Waals surface area contributed by atoms with Crippen LogP contribution in [-0.2, 0) is 7.05 Å². The summed E-state index contributed by atoms with van der Waals surface area (Å²) >= 11 is 0. The van der Waals surface area contributed by atoms with E-state index < -0.39 is 0 Å². The standard InChI is InChI=1S/C13H18N4O/c1-16-10-4-3-5-11(18-2)12(10)15-13(16)17-8-6-14-7-9-17/h3-5,14H,6-9H2,1-2H3. The van der Waals surface area contributed by atoms with Gasteiger partial charge in [0.2, 0.25) is 5.95 Å². The first-order chi connectivity index (χ1) is 8.81. The summed E-state index contributed by atoms with van der Waals surface area (Å²) in [6.45, 7) is 4.03. The van der Waals surface area contributed by atoms with Crippen LogP contribution in [0.15, 0.2) is 18.2 Å². The van der Waals surface area contributed by atoms with E-state index in [1.54, 1.807) is 7.11 Å². The third-order valence-corrected chi connectivity index (χ3v) is 3.47. The van der Waals surface area contributed by atoms with Crippen LogP contribution in [0.3, 0.4) is 0 Å². The number of nitrogens with zero attached hydrogens (tertiary/aromatic N) is 3. The number of hydrogen-bond donors (Lipinski definition) is 1. The lowest BCUT2D eigenvalue weighted by Crippen LogP contribution is -2.44. The molecule has 2 aromatic rings. The minimum Gasteiger partial charge on any atom is -0.494 e. The zero-order chi connectivity index (χ0) is 12.5. The third kappa shape index (κ3) is 1.71. The molecule has 1 aliphatic heterocycles. The van der Waals surface area contributed by atoms with Crippen molar-refractivity contribution in [2.24, 2.45) is 7.05 Å². The quantitative estimate of drug-likeness (QED) is 0.858. The Morgan fingerprint density at radius 2 is 2.06 bits per heavy atom. The molecular weight excluding hydrogens is 228 g/mol. The van der Waals surface area contributed by atoms with Gasteiger partial charge in [0.05, 0.1) is 12.6 Å². The first kappa shape index (κ1) is 11.3. The van der Waals surface area contributed by atoms with Crippen molar-refractivity contribution in [1.29, 1.82) is 0 Å². The molecule has 0 radical (unpaired) electrons. The molecule has 5 nitrogen and oxygen atoms in total. The van der Waals surface area contributed by atoms with Crippen molar-refractivity contribution in [3.63, 3.8) is 0 Å². The Labute approximate surface area is 106 Å². The van der Waals surface area contributed by atoms with E-state index in [0.29, 0.717) is 0 Å². The highest BCUT2D eigenvalue weighted by Crippen LogP contribution is 2.28. The number of piperazine rings is 1. The summed E-state index contributed by atoms with van der Waals surface area (Å²) < 4.78 is 7.52. The number of benzene rings is 1. The van der Waals surface area contributed by atoms with Crippen molar-refractivity contribution in [1.82, 2.24) is 14.9 Å². The molecule has 18 heavy (non-hydrogen) atoms. The predicted octanol–water partition coefficient (Wildman–Crippen LogP) is 0.991. The van der Waals surface area contributed by atoms with E-state index in [2.05, 4.69) is 27.9 Å². The lowest BCUT2D eigenvalue weighted by atomic mass is 10.3. The van der Waals surface area contributed by atoms with Crippen molar-refractivity contribution in [3.8, 4) is 5.75 Å². The van der Waals surface area contributed by atoms with Crippen LogP contribution in [0.1, 0.15) is 0 Å². The number of fused-ring (bicyclic) bond motifs is 1. The molecule has 1 aromatic carbocycles. The monoisotopic (exact) mass is 246 g/mol. The Bertz CT molecular complexity index is 557. The number of aryl methyl sites for hydroxylation is 1. The number of imidazole rings is 1. The maximum atomic E-state index is 5.38. The minimum absolute atomic E-state index is 0.837. The van der Waals surface area contributed by atoms with Crippen LogP contribution < -0.4 is 15.0 Å². The van der Waals surface area contributed by atoms with Crippen LogP contribution in [0.25, 0.3) is 11.0 Å². The minimum atomic E-state index is 0.837. The predicted molar refractivity (Wildman–Crippen MR) is 72.3 cm³/mol. The highest BCUT2D eigenvalue weighted by molar-refractivity contribution is 5.84. The van der Waals surface area contributed by atoms with Crippen LogP contribution in [0.2, 0.25) is 0 Å². The van der Waals surface area contributed by atoms with Crippen molar-refractivity contribution in [2.75, 3.05) is 38.2 Å². The average Bonchev–Trinajstić information content (AvgIpc) is 2.77. The fraction of sp³-hybridized carbons (Fsp3) is 0.462. The molecule has 0 bridgehead atoms. The van der Waals surface area contributed by atoms with Gasteiger partial charge in [0.25, 0.3) is 0 Å². The number of aromatic nitrogens is 2. The van der Waals surface area contributed by atoms with Gasteiger partial charge in [-0.3, -0.25) is 0 Å². The molecule has 96 valence electrons. The van der Waals surface area contributed by atoms with Gasteiger partial charge in [-0.2, -0.15) is 0 Å². The molecule has 0 spiro atoms. The van der Waals surface area contributed by atoms with Crippen LogP contribution >= 0.6 is 0 Å². The molecule has 0 unspecified atom stereocenters. The first-order valence-corrected chi connectivity index (χ1v) is 6.26. The van der Waals surface area contributed by atoms with E-state index >= 15 is 0 Å². The summed E-state index contributed by atoms with van der Waals surface area (Å²) in [5.41, 5.74) is 2.05. The van der Waals surface area contributed by atoms with Crippen LogP contribution in [-0.4, -0.2) is 42.8 Å². The van der Waals surface area contributed by atoms with Gasteiger partial charge in [-0.05, 0) is 12.1 Å². The Kier molecular flexibility index (Phi) is 2.83. The molecule has 1 N–H and O–H groups in total. The van der Waals surface area contributed by atoms with E-state index in [9.17, 15) is 0 Å². The van der Waals surface area contributed by atoms with Gasteiger partial charge in [0.1, 0.15) is 11.3 Å². The normalized spacial score (nSPS) is 16.2. The highest BCUT2D eigenvalue weighted by Gasteiger charge is 2.18. The van der Waals surface area contributed by atoms with E-state index in [0.717, 1.165) is 48.9 Å². The third-order valence-electron chi connectivity index (χ3n) is 3.47. The number of anilines is 1. The van der Waals surface area contributed by atoms with Gasteiger partial charge in [-0.25, -0.2) is 4.98 Å². The number of rotatable bonds is 2. The number of ether oxygens (including phenoxy) is 1. The van der Waals surface area contributed by atoms with Gasteiger partial charge in [0.15, 0.2) is 0 Å². The fourth-order valence-electron chi connectivity index (χ4n) is 2.49. The molecule has 1 aromatic heterocycles. The number of para-hydroxylation sites is 1. The van der Waals surface area contributed by atoms with Crippen molar-refractivity contribution in [3.05, 3.63) is 18.2 Å². The summed E-state index contributed by atoms with van der Waals surface area (Å²) in [5.74, 6) is 1.86. The highest BCUT2D eigenvalue weighted by atomic mass is 16.5. The smallest absolute Gasteiger partial charge is 0.206 e. The Morgan fingerprint density at radius 3 is 2.78 bits per heavy atom. The average molecular weight is 246 g/mol. The lowest BCUT2D eigenvalue weighted by molar-refractivity contribution is 0.419. The molecular formula is C13H18N4O. The van der Waals surface area contributed by atoms with Crippen molar-refractivity contribution < 1.29 is 4.74 Å². The molecule has 3 rings (SSSR count). The summed E-state index contributed by atoms with van der Waals surface area (Å²) in [6, 6.07) is 6.04. The zero-order valence-corrected chi connectivity index (χ0v) is 10.8. The van der Waals surface area contributed by atoms with Gasteiger partial charge >= 0.3 is 0 Å². The maximum Gasteiger partial charge on any atom is 0.206 e. The second-order valence-corrected chi connectivity index (χ2v) is 4.54. The van der Waals surface area contributed by atoms with Gasteiger partial charge in [-0.1, -0.05) is 6.07 Å². The molecule has 0 aliphatic carbocycles. The Hall–Kier alpha value is -1.75. The zero-order valence-electron chi connectivity index (χ0n) is 10.8. The first-order valence-electron chi connectivity index (χ1n) is 6.26. The topological polar surface area (TPSA) is 42.3 Å². The molecule has 0 atom stereocenters. The Balaban J connectivity index is 2.09. The van der Waals surface area contributed by atoms with Gasteiger partial charge in [0, 0.05) is 33.2 Å². The Morgan fingerprint density at radius 1 is 1.28 bits per heavy atom. The number of methoxy groups -OCH3 is 1. The fourth-order valence-corrected chi connectivity index (χ4v) is 2.49. The molecule has 0 amide bonds. The molecule has 1 saturated heterocycles. The van der Waals surface area contributed by atoms with Crippen molar-refractivity contribution >= 4 is 17.0 Å². The summed E-state index contributed by atoms with van der Waals surface area (Å²) in [7, 11) is 3.75. The molecule has 2 heterocycles. The van der Waals surface area contributed by atoms with Crippen LogP contribution in [0.5, 0.6) is 5.75 Å². The number of nitrogens with one attached hydrogen (secondary N) is 1. The van der Waals surface area contributed by atoms with Gasteiger partial charge in [-0.15, -0.1) is 0 Å². The summed E-state index contributed by atoms with van der Waals surface area (Å²) in [5, 5.41) is 3.36. The summed E-state index contributed by atoms with van der Waals surface area (Å²) in [6.07, 6.45) is 0. The largest absolute Gasteiger partial charge is 0.494 e. The van der Waals surface area contributed by atoms with E-state index in [-0.39, 0.29) is 0 Å². The van der Waals surface area contributed by atoms with E-state index in [1.807, 2.05) is 12.1 Å². The molecule has 1 fully saturated rings. The van der Waals surface area contributed by atoms with E-state index in [1.165, 1.54) is 0 Å². The molecule has 0 saturated carbocycles. The van der Waals surface area contributed by atoms with Crippen molar-refractivity contribution in [2.45, 2.75) is 0 Å². The van der Waals surface area contributed by atoms with Crippen LogP contribution in [0, 0.1) is 0 Å². The van der Waals surface area contributed by atoms with Crippen LogP contribution in [0.4, 0.5) is 5.95 Å². The SMILES string of the molecule is COc1cccc2c1nc(N1CCNCC1)n2C.